The van der Waals surface area contributed by atoms with Crippen molar-refractivity contribution >= 4 is 238 Å². The Bertz CT molecular complexity index is 6920. The van der Waals surface area contributed by atoms with E-state index in [4.69, 9.17) is 14.0 Å². The van der Waals surface area contributed by atoms with E-state index < -0.39 is 12.1 Å². The van der Waals surface area contributed by atoms with Crippen LogP contribution in [0.5, 0.6) is 11.5 Å². The standard InChI is InChI=1S/C29H22I2N6O2S.C24H23N5O3S.C22H18IN5OS.C21H20N6O2S/c1-18-12-13-20(15-24(18)34-27-35-25(17-40-27)19-7-6-14-32-16-19)33-28(38)37(26-11-5-3-9-22(26)31)29(39)36-23-10-4-2-8-21(23)30;1-15-6-7-17(26-23(30)27-19-9-8-18(31-2)12-22(19)32-3)11-20(15)28-24-29-21(14-33-24)16-5-4-10-25-13-16;1-14-8-9-16(25-21(29)26-18-7-3-2-6-17(18)23)11-19(14)27-22-28-20(13-30-22)15-5-4-10-24-12-15;1-12-6-7-16(23-20(28)26-19-13(2)27-29-14(19)3)9-17(12)24-21-25-18(11-30-21)15-5-4-8-22-10-15/h2-17H,1H3,(H,33,38)(H,34,35)(H,36,39);4-14H,1-3H3,(H,28,29)(H2,26,27,30);2-13H,1H3,(H,27,28)(H2,25,26,29);4-11H,1-3H3,(H,24,25)(H2,23,26,28). The molecular formula is C96H83I3N22O8S4. The number of halogens is 3. The number of rotatable bonds is 23. The van der Waals surface area contributed by atoms with Gasteiger partial charge in [0.05, 0.1) is 59.7 Å². The van der Waals surface area contributed by atoms with Gasteiger partial charge in [0.2, 0.25) is 0 Å². The van der Waals surface area contributed by atoms with Crippen LogP contribution in [0.15, 0.2) is 288 Å². The molecule has 0 aliphatic carbocycles. The summed E-state index contributed by atoms with van der Waals surface area (Å²) in [4.78, 5) is 101. The SMILES string of the molecule is COc1ccc(NC(=O)Nc2ccc(C)c(Nc3nc(-c4cccnc4)cs3)c2)c(OC)c1.Cc1ccc(NC(=O)N(C(=O)Nc2ccccc2I)c2ccccc2I)cc1Nc1nc(-c2cccnc2)cs1.Cc1ccc(NC(=O)Nc2c(C)noc2C)cc1Nc1nc(-c2cccnc2)cs1.Cc1ccc(NC(=O)Nc2ccccc2I)cc1Nc1nc(-c2cccnc2)cs1. The summed E-state index contributed by atoms with van der Waals surface area (Å²) in [5, 5.41) is 50.9. The fourth-order valence-electron chi connectivity index (χ4n) is 12.5. The maximum atomic E-state index is 13.6. The minimum absolute atomic E-state index is 0.290. The van der Waals surface area contributed by atoms with Crippen LogP contribution in [0.1, 0.15) is 33.7 Å². The van der Waals surface area contributed by atoms with E-state index in [1.807, 2.05) is 219 Å². The van der Waals surface area contributed by atoms with Crippen LogP contribution in [0, 0.1) is 52.3 Å². The normalized spacial score (nSPS) is 10.5. The number of carbonyl (C=O) groups is 5. The molecule has 9 heterocycles. The van der Waals surface area contributed by atoms with Crippen molar-refractivity contribution in [3.8, 4) is 56.5 Å². The number of carbonyl (C=O) groups excluding carboxylic acids is 5. The van der Waals surface area contributed by atoms with Gasteiger partial charge in [0.1, 0.15) is 22.9 Å². The number of ether oxygens (including phenoxy) is 2. The Balaban J connectivity index is 0.000000143. The van der Waals surface area contributed by atoms with Gasteiger partial charge < -0.3 is 77.8 Å². The van der Waals surface area contributed by atoms with Crippen molar-refractivity contribution in [2.24, 2.45) is 0 Å². The quantitative estimate of drug-likeness (QED) is 0.0265. The van der Waals surface area contributed by atoms with Gasteiger partial charge in [-0.05, 0) is 277 Å². The van der Waals surface area contributed by atoms with Crippen LogP contribution in [-0.2, 0) is 0 Å². The lowest BCUT2D eigenvalue weighted by atomic mass is 10.2. The number of thiazole rings is 4. The van der Waals surface area contributed by atoms with E-state index in [0.717, 1.165) is 127 Å². The molecule has 17 rings (SSSR count). The number of amides is 10. The van der Waals surface area contributed by atoms with Crippen LogP contribution in [0.3, 0.4) is 0 Å². The number of nitrogens with one attached hydrogen (secondary N) is 12. The molecule has 17 aromatic rings. The summed E-state index contributed by atoms with van der Waals surface area (Å²) in [5.41, 5.74) is 20.8. The summed E-state index contributed by atoms with van der Waals surface area (Å²) < 4.78 is 18.2. The van der Waals surface area contributed by atoms with E-state index in [9.17, 15) is 24.0 Å². The van der Waals surface area contributed by atoms with Gasteiger partial charge in [-0.3, -0.25) is 19.9 Å². The molecule has 0 aliphatic rings. The van der Waals surface area contributed by atoms with Gasteiger partial charge in [-0.25, -0.2) is 48.8 Å². The van der Waals surface area contributed by atoms with Gasteiger partial charge >= 0.3 is 30.2 Å². The molecule has 0 atom stereocenters. The highest BCUT2D eigenvalue weighted by Gasteiger charge is 2.27. The number of pyridine rings is 4. The molecule has 670 valence electrons. The summed E-state index contributed by atoms with van der Waals surface area (Å²) >= 11 is 12.5. The maximum absolute atomic E-state index is 13.6. The molecule has 0 unspecified atom stereocenters. The summed E-state index contributed by atoms with van der Waals surface area (Å²) in [5.74, 6) is 1.70. The Hall–Kier alpha value is -14.4. The minimum atomic E-state index is -0.588. The van der Waals surface area contributed by atoms with E-state index in [2.05, 4.69) is 177 Å². The Kier molecular flexibility index (Phi) is 32.7. The molecule has 0 fully saturated rings. The topological polar surface area (TPSA) is 381 Å². The van der Waals surface area contributed by atoms with E-state index in [0.29, 0.717) is 73.6 Å². The molecule has 30 nitrogen and oxygen atoms in total. The lowest BCUT2D eigenvalue weighted by molar-refractivity contribution is 0.246. The summed E-state index contributed by atoms with van der Waals surface area (Å²) in [6.07, 6.45) is 14.1. The number of hydrogen-bond donors (Lipinski definition) is 12. The molecule has 37 heteroatoms. The zero-order chi connectivity index (χ0) is 93.3. The highest BCUT2D eigenvalue weighted by Crippen LogP contribution is 2.38. The highest BCUT2D eigenvalue weighted by molar-refractivity contribution is 14.1. The number of para-hydroxylation sites is 3. The second kappa shape index (κ2) is 45.9. The van der Waals surface area contributed by atoms with Crippen LogP contribution >= 0.6 is 113 Å². The smallest absolute Gasteiger partial charge is 0.334 e. The third-order valence-electron chi connectivity index (χ3n) is 19.5. The molecule has 0 aliphatic heterocycles. The maximum Gasteiger partial charge on any atom is 0.334 e. The van der Waals surface area contributed by atoms with E-state index in [-0.39, 0.29) is 18.1 Å². The van der Waals surface area contributed by atoms with Crippen molar-refractivity contribution in [2.75, 3.05) is 82.9 Å². The van der Waals surface area contributed by atoms with Crippen molar-refractivity contribution in [1.29, 1.82) is 0 Å². The zero-order valence-corrected chi connectivity index (χ0v) is 81.9. The van der Waals surface area contributed by atoms with Crippen molar-refractivity contribution in [2.45, 2.75) is 41.5 Å². The van der Waals surface area contributed by atoms with Crippen LogP contribution < -0.4 is 78.2 Å². The number of benzene rings is 8. The average molecular weight is 2180 g/mol. The first kappa shape index (κ1) is 94.7. The molecule has 0 saturated heterocycles. The number of imide groups is 1. The first-order valence-corrected chi connectivity index (χ1v) is 47.3. The first-order valence-electron chi connectivity index (χ1n) is 40.5. The van der Waals surface area contributed by atoms with E-state index >= 15 is 0 Å². The van der Waals surface area contributed by atoms with Crippen LogP contribution in [-0.4, -0.2) is 89.4 Å². The second-order valence-corrected chi connectivity index (χ2v) is 35.8. The fraction of sp³-hybridized carbons (Fsp3) is 0.0833. The Morgan fingerprint density at radius 2 is 0.699 bits per heavy atom. The van der Waals surface area contributed by atoms with Gasteiger partial charge in [-0.15, -0.1) is 45.3 Å². The van der Waals surface area contributed by atoms with Crippen LogP contribution in [0.2, 0.25) is 0 Å². The van der Waals surface area contributed by atoms with Gasteiger partial charge in [0, 0.05) is 156 Å². The fourth-order valence-corrected chi connectivity index (χ4v) is 17.1. The molecule has 0 radical (unpaired) electrons. The van der Waals surface area contributed by atoms with Gasteiger partial charge in [0.25, 0.3) is 0 Å². The monoisotopic (exact) mass is 2180 g/mol. The molecular weight excluding hydrogens is 2100 g/mol. The van der Waals surface area contributed by atoms with E-state index in [1.165, 1.54) is 52.5 Å². The molecule has 0 saturated carbocycles. The van der Waals surface area contributed by atoms with Crippen molar-refractivity contribution in [3.05, 3.63) is 328 Å². The molecule has 8 aromatic carbocycles. The van der Waals surface area contributed by atoms with Gasteiger partial charge in [-0.2, -0.15) is 0 Å². The number of aryl methyl sites for hydroxylation is 6. The number of nitrogens with zero attached hydrogens (tertiary/aromatic N) is 10. The molecule has 133 heavy (non-hydrogen) atoms. The van der Waals surface area contributed by atoms with Gasteiger partial charge in [-0.1, -0.05) is 65.8 Å². The summed E-state index contributed by atoms with van der Waals surface area (Å²) in [6, 6.07) is 63.2. The van der Waals surface area contributed by atoms with Crippen LogP contribution in [0.25, 0.3) is 45.0 Å². The molecule has 0 spiro atoms. The lowest BCUT2D eigenvalue weighted by Gasteiger charge is -2.23. The predicted octanol–water partition coefficient (Wildman–Crippen LogP) is 26.7. The molecule has 9 aromatic heterocycles. The van der Waals surface area contributed by atoms with Gasteiger partial charge in [0.15, 0.2) is 26.3 Å². The predicted molar refractivity (Wildman–Crippen MR) is 561 cm³/mol. The third-order valence-corrected chi connectivity index (χ3v) is 25.3. The van der Waals surface area contributed by atoms with Crippen molar-refractivity contribution in [1.82, 2.24) is 45.0 Å². The molecule has 10 amide bonds. The molecule has 12 N–H and O–H groups in total. The zero-order valence-electron chi connectivity index (χ0n) is 72.1. The highest BCUT2D eigenvalue weighted by atomic mass is 127. The van der Waals surface area contributed by atoms with E-state index in [1.54, 1.807) is 113 Å². The third kappa shape index (κ3) is 26.3. The summed E-state index contributed by atoms with van der Waals surface area (Å²) in [6.45, 7) is 11.5. The molecule has 0 bridgehead atoms. The number of aromatic nitrogens is 9. The minimum Gasteiger partial charge on any atom is -0.497 e. The average Bonchev–Trinajstić information content (AvgIpc) is 1.25. The Morgan fingerprint density at radius 1 is 0.346 bits per heavy atom. The lowest BCUT2D eigenvalue weighted by Crippen LogP contribution is -2.43. The first-order chi connectivity index (χ1) is 64.5. The number of urea groups is 5. The number of anilines is 17. The Labute approximate surface area is 822 Å². The summed E-state index contributed by atoms with van der Waals surface area (Å²) in [7, 11) is 3.11. The number of methoxy groups -OCH3 is 2. The second-order valence-electron chi connectivity index (χ2n) is 28.8. The van der Waals surface area contributed by atoms with Crippen LogP contribution in [0.4, 0.5) is 118 Å². The van der Waals surface area contributed by atoms with Crippen molar-refractivity contribution < 1.29 is 38.0 Å². The van der Waals surface area contributed by atoms with Crippen molar-refractivity contribution in [3.63, 3.8) is 0 Å². The largest absolute Gasteiger partial charge is 0.497 e. The Morgan fingerprint density at radius 3 is 1.05 bits per heavy atom. The number of hydrogen-bond acceptors (Lipinski definition) is 25.